The van der Waals surface area contributed by atoms with Crippen LogP contribution in [0.1, 0.15) is 38.7 Å². The van der Waals surface area contributed by atoms with Gasteiger partial charge in [-0.15, -0.1) is 0 Å². The molecule has 0 unspecified atom stereocenters. The summed E-state index contributed by atoms with van der Waals surface area (Å²) in [6, 6.07) is 8.23. The second-order valence-electron chi connectivity index (χ2n) is 4.50. The number of carboxylic acid groups (broad SMARTS) is 1. The predicted molar refractivity (Wildman–Crippen MR) is 75.2 cm³/mol. The quantitative estimate of drug-likeness (QED) is 0.768. The number of unbranched alkanes of at least 4 members (excludes halogenated alkanes) is 1. The van der Waals surface area contributed by atoms with Crippen molar-refractivity contribution in [3.05, 3.63) is 29.8 Å². The minimum atomic E-state index is -0.737. The minimum absolute atomic E-state index is 0.199. The van der Waals surface area contributed by atoms with Gasteiger partial charge in [0.05, 0.1) is 0 Å². The maximum Gasteiger partial charge on any atom is 0.303 e. The van der Waals surface area contributed by atoms with Crippen LogP contribution in [-0.2, 0) is 11.2 Å². The summed E-state index contributed by atoms with van der Waals surface area (Å²) in [5, 5.41) is 8.71. The number of rotatable bonds is 8. The van der Waals surface area contributed by atoms with E-state index in [2.05, 4.69) is 30.9 Å². The maximum atomic E-state index is 10.6. The van der Waals surface area contributed by atoms with Gasteiger partial charge in [-0.05, 0) is 37.5 Å². The molecule has 3 heteroatoms. The number of benzene rings is 1. The van der Waals surface area contributed by atoms with Crippen LogP contribution in [0.3, 0.4) is 0 Å². The second kappa shape index (κ2) is 7.75. The monoisotopic (exact) mass is 249 g/mol. The molecular formula is C15H23NO2. The lowest BCUT2D eigenvalue weighted by molar-refractivity contribution is -0.136. The summed E-state index contributed by atoms with van der Waals surface area (Å²) in [5.74, 6) is -0.737. The molecule has 1 N–H and O–H groups in total. The van der Waals surface area contributed by atoms with Crippen LogP contribution in [0, 0.1) is 0 Å². The van der Waals surface area contributed by atoms with Gasteiger partial charge in [-0.2, -0.15) is 0 Å². The van der Waals surface area contributed by atoms with Gasteiger partial charge in [-0.25, -0.2) is 0 Å². The Kier molecular flexibility index (Phi) is 6.26. The molecule has 1 aromatic carbocycles. The van der Waals surface area contributed by atoms with Gasteiger partial charge >= 0.3 is 5.97 Å². The number of aryl methyl sites for hydroxylation is 1. The molecule has 0 radical (unpaired) electrons. The Labute approximate surface area is 109 Å². The molecule has 0 spiro atoms. The third-order valence-electron chi connectivity index (χ3n) is 3.07. The third kappa shape index (κ3) is 4.78. The summed E-state index contributed by atoms with van der Waals surface area (Å²) < 4.78 is 0. The smallest absolute Gasteiger partial charge is 0.303 e. The molecular weight excluding hydrogens is 226 g/mol. The lowest BCUT2D eigenvalue weighted by Gasteiger charge is -2.23. The van der Waals surface area contributed by atoms with Crippen LogP contribution in [-0.4, -0.2) is 24.2 Å². The Morgan fingerprint density at radius 2 is 2.11 bits per heavy atom. The van der Waals surface area contributed by atoms with Crippen LogP contribution in [0.25, 0.3) is 0 Å². The largest absolute Gasteiger partial charge is 0.481 e. The van der Waals surface area contributed by atoms with Crippen LogP contribution in [0.4, 0.5) is 5.69 Å². The molecule has 0 fully saturated rings. The lowest BCUT2D eigenvalue weighted by Crippen LogP contribution is -2.23. The van der Waals surface area contributed by atoms with Gasteiger partial charge < -0.3 is 10.0 Å². The van der Waals surface area contributed by atoms with Crippen molar-refractivity contribution >= 4 is 11.7 Å². The van der Waals surface area contributed by atoms with E-state index in [9.17, 15) is 4.79 Å². The van der Waals surface area contributed by atoms with Crippen LogP contribution in [0.2, 0.25) is 0 Å². The molecule has 0 aliphatic heterocycles. The Bertz CT molecular complexity index is 377. The molecule has 1 aromatic rings. The topological polar surface area (TPSA) is 40.5 Å². The first-order chi connectivity index (χ1) is 8.67. The van der Waals surface area contributed by atoms with E-state index >= 15 is 0 Å². The highest BCUT2D eigenvalue weighted by atomic mass is 16.4. The zero-order chi connectivity index (χ0) is 13.4. The Balaban J connectivity index is 2.69. The van der Waals surface area contributed by atoms with E-state index in [1.54, 1.807) is 0 Å². The fourth-order valence-electron chi connectivity index (χ4n) is 1.98. The van der Waals surface area contributed by atoms with Gasteiger partial charge in [0.2, 0.25) is 0 Å². The van der Waals surface area contributed by atoms with Crippen molar-refractivity contribution in [3.63, 3.8) is 0 Å². The molecule has 0 aliphatic carbocycles. The first-order valence-corrected chi connectivity index (χ1v) is 6.73. The predicted octanol–water partition coefficient (Wildman–Crippen LogP) is 3.33. The molecule has 0 saturated heterocycles. The lowest BCUT2D eigenvalue weighted by atomic mass is 10.1. The van der Waals surface area contributed by atoms with Crippen molar-refractivity contribution in [3.8, 4) is 0 Å². The Hall–Kier alpha value is -1.51. The fourth-order valence-corrected chi connectivity index (χ4v) is 1.98. The number of nitrogens with zero attached hydrogens (tertiary/aromatic N) is 1. The van der Waals surface area contributed by atoms with Gasteiger partial charge in [0.15, 0.2) is 0 Å². The van der Waals surface area contributed by atoms with Crippen molar-refractivity contribution in [2.24, 2.45) is 0 Å². The number of carbonyl (C=O) groups is 1. The summed E-state index contributed by atoms with van der Waals surface area (Å²) >= 11 is 0. The van der Waals surface area contributed by atoms with Crippen molar-refractivity contribution in [2.45, 2.75) is 39.5 Å². The number of hydrogen-bond donors (Lipinski definition) is 1. The van der Waals surface area contributed by atoms with E-state index in [0.717, 1.165) is 18.7 Å². The van der Waals surface area contributed by atoms with Crippen LogP contribution in [0.15, 0.2) is 24.3 Å². The zero-order valence-electron chi connectivity index (χ0n) is 11.4. The van der Waals surface area contributed by atoms with Crippen molar-refractivity contribution in [2.75, 3.05) is 18.0 Å². The number of carboxylic acids is 1. The van der Waals surface area contributed by atoms with E-state index in [4.69, 9.17) is 5.11 Å². The van der Waals surface area contributed by atoms with Gasteiger partial charge in [0, 0.05) is 25.2 Å². The van der Waals surface area contributed by atoms with Crippen molar-refractivity contribution in [1.82, 2.24) is 0 Å². The molecule has 0 aliphatic rings. The summed E-state index contributed by atoms with van der Waals surface area (Å²) in [6.45, 7) is 6.40. The SMILES string of the molecule is CCCCN(CC)c1cccc(CCC(=O)O)c1. The van der Waals surface area contributed by atoms with Crippen molar-refractivity contribution < 1.29 is 9.90 Å². The number of anilines is 1. The molecule has 18 heavy (non-hydrogen) atoms. The van der Waals surface area contributed by atoms with Gasteiger partial charge in [-0.3, -0.25) is 4.79 Å². The van der Waals surface area contributed by atoms with Gasteiger partial charge in [0.25, 0.3) is 0 Å². The average molecular weight is 249 g/mol. The van der Waals surface area contributed by atoms with Crippen LogP contribution >= 0.6 is 0 Å². The maximum absolute atomic E-state index is 10.6. The Morgan fingerprint density at radius 1 is 1.33 bits per heavy atom. The highest BCUT2D eigenvalue weighted by Gasteiger charge is 2.05. The van der Waals surface area contributed by atoms with Gasteiger partial charge in [0.1, 0.15) is 0 Å². The zero-order valence-corrected chi connectivity index (χ0v) is 11.4. The second-order valence-corrected chi connectivity index (χ2v) is 4.50. The van der Waals surface area contributed by atoms with Gasteiger partial charge in [-0.1, -0.05) is 25.5 Å². The van der Waals surface area contributed by atoms with E-state index in [-0.39, 0.29) is 6.42 Å². The average Bonchev–Trinajstić information content (AvgIpc) is 2.38. The van der Waals surface area contributed by atoms with E-state index < -0.39 is 5.97 Å². The minimum Gasteiger partial charge on any atom is -0.481 e. The molecule has 100 valence electrons. The highest BCUT2D eigenvalue weighted by molar-refractivity contribution is 5.67. The normalized spacial score (nSPS) is 10.3. The van der Waals surface area contributed by atoms with E-state index in [1.165, 1.54) is 18.5 Å². The number of aliphatic carboxylic acids is 1. The first-order valence-electron chi connectivity index (χ1n) is 6.73. The van der Waals surface area contributed by atoms with Crippen LogP contribution < -0.4 is 4.90 Å². The third-order valence-corrected chi connectivity index (χ3v) is 3.07. The molecule has 0 aromatic heterocycles. The summed E-state index contributed by atoms with van der Waals surface area (Å²) in [6.07, 6.45) is 3.18. The summed E-state index contributed by atoms with van der Waals surface area (Å²) in [4.78, 5) is 12.9. The molecule has 1 rings (SSSR count). The Morgan fingerprint density at radius 3 is 2.72 bits per heavy atom. The molecule has 3 nitrogen and oxygen atoms in total. The first kappa shape index (κ1) is 14.6. The summed E-state index contributed by atoms with van der Waals surface area (Å²) in [7, 11) is 0. The highest BCUT2D eigenvalue weighted by Crippen LogP contribution is 2.17. The standard InChI is InChI=1S/C15H23NO2/c1-3-5-11-16(4-2)14-8-6-7-13(12-14)9-10-15(17)18/h6-8,12H,3-5,9-11H2,1-2H3,(H,17,18). The van der Waals surface area contributed by atoms with E-state index in [0.29, 0.717) is 6.42 Å². The van der Waals surface area contributed by atoms with E-state index in [1.807, 2.05) is 12.1 Å². The fraction of sp³-hybridized carbons (Fsp3) is 0.533. The van der Waals surface area contributed by atoms with Crippen molar-refractivity contribution in [1.29, 1.82) is 0 Å². The molecule has 0 saturated carbocycles. The molecule has 0 bridgehead atoms. The molecule has 0 amide bonds. The number of hydrogen-bond acceptors (Lipinski definition) is 2. The molecule has 0 heterocycles. The summed E-state index contributed by atoms with van der Waals surface area (Å²) in [5.41, 5.74) is 2.30. The molecule has 0 atom stereocenters. The van der Waals surface area contributed by atoms with Crippen LogP contribution in [0.5, 0.6) is 0 Å².